The van der Waals surface area contributed by atoms with Crippen LogP contribution in [0, 0.1) is 0 Å². The highest BCUT2D eigenvalue weighted by molar-refractivity contribution is 9.10. The summed E-state index contributed by atoms with van der Waals surface area (Å²) >= 11 is 3.31. The van der Waals surface area contributed by atoms with Crippen molar-refractivity contribution in [2.75, 3.05) is 11.5 Å². The average Bonchev–Trinajstić information content (AvgIpc) is 2.18. The molecule has 1 heterocycles. The second-order valence-electron chi connectivity index (χ2n) is 3.74. The van der Waals surface area contributed by atoms with Crippen LogP contribution in [0.1, 0.15) is 5.56 Å². The van der Waals surface area contributed by atoms with Gasteiger partial charge in [0.15, 0.2) is 9.84 Å². The van der Waals surface area contributed by atoms with Gasteiger partial charge in [0.05, 0.1) is 22.6 Å². The Labute approximate surface area is 102 Å². The van der Waals surface area contributed by atoms with E-state index in [1.807, 2.05) is 0 Å². The van der Waals surface area contributed by atoms with Gasteiger partial charge < -0.3 is 9.84 Å². The summed E-state index contributed by atoms with van der Waals surface area (Å²) in [4.78, 5) is 0. The number of hydrogen-bond donors (Lipinski definition) is 1. The van der Waals surface area contributed by atoms with E-state index in [1.54, 1.807) is 18.2 Å². The molecule has 88 valence electrons. The smallest absolute Gasteiger partial charge is 0.157 e. The van der Waals surface area contributed by atoms with Gasteiger partial charge in [-0.05, 0) is 33.6 Å². The molecule has 0 radical (unpaired) electrons. The number of aliphatic hydroxyl groups excluding tert-OH is 1. The molecule has 1 N–H and O–H groups in total. The number of halogens is 1. The lowest BCUT2D eigenvalue weighted by Gasteiger charge is -2.27. The Bertz CT molecular complexity index is 486. The molecule has 0 aromatic heterocycles. The molecule has 0 bridgehead atoms. The first-order valence-corrected chi connectivity index (χ1v) is 7.38. The first-order chi connectivity index (χ1) is 7.50. The summed E-state index contributed by atoms with van der Waals surface area (Å²) < 4.78 is 28.1. The molecule has 2 rings (SSSR count). The first-order valence-electron chi connectivity index (χ1n) is 4.76. The minimum atomic E-state index is -2.86. The molecule has 0 saturated carbocycles. The molecule has 1 aliphatic heterocycles. The predicted octanol–water partition coefficient (Wildman–Crippen LogP) is 1.12. The number of sulfone groups is 1. The van der Waals surface area contributed by atoms with Crippen molar-refractivity contribution in [2.24, 2.45) is 0 Å². The number of rotatable bonds is 3. The third-order valence-corrected chi connectivity index (χ3v) is 4.73. The van der Waals surface area contributed by atoms with Crippen LogP contribution in [0.15, 0.2) is 22.7 Å². The molecular weight excluding hydrogens is 296 g/mol. The molecule has 0 unspecified atom stereocenters. The van der Waals surface area contributed by atoms with Crippen LogP contribution in [0.4, 0.5) is 0 Å². The fourth-order valence-corrected chi connectivity index (χ4v) is 3.19. The van der Waals surface area contributed by atoms with Crippen LogP contribution in [0.2, 0.25) is 0 Å². The van der Waals surface area contributed by atoms with Crippen molar-refractivity contribution < 1.29 is 18.3 Å². The van der Waals surface area contributed by atoms with Gasteiger partial charge in [-0.15, -0.1) is 0 Å². The van der Waals surface area contributed by atoms with Crippen molar-refractivity contribution in [1.29, 1.82) is 0 Å². The third kappa shape index (κ3) is 2.56. The molecule has 4 nitrogen and oxygen atoms in total. The van der Waals surface area contributed by atoms with E-state index in [1.165, 1.54) is 0 Å². The van der Waals surface area contributed by atoms with E-state index >= 15 is 0 Å². The normalized spacial score (nSPS) is 19.1. The Kier molecular flexibility index (Phi) is 3.23. The molecule has 0 amide bonds. The van der Waals surface area contributed by atoms with Gasteiger partial charge >= 0.3 is 0 Å². The fraction of sp³-hybridized carbons (Fsp3) is 0.400. The SMILES string of the molecule is O=S1(=O)CC(Oc2ccc(CO)cc2Br)C1. The quantitative estimate of drug-likeness (QED) is 0.909. The van der Waals surface area contributed by atoms with E-state index in [2.05, 4.69) is 15.9 Å². The maximum absolute atomic E-state index is 10.9. The van der Waals surface area contributed by atoms with E-state index in [-0.39, 0.29) is 24.2 Å². The zero-order valence-electron chi connectivity index (χ0n) is 8.39. The van der Waals surface area contributed by atoms with Crippen LogP contribution in [0.5, 0.6) is 5.75 Å². The summed E-state index contributed by atoms with van der Waals surface area (Å²) in [6.45, 7) is -0.0311. The highest BCUT2D eigenvalue weighted by Gasteiger charge is 2.35. The molecule has 0 spiro atoms. The van der Waals surface area contributed by atoms with Gasteiger partial charge in [0.25, 0.3) is 0 Å². The fourth-order valence-electron chi connectivity index (χ4n) is 1.50. The van der Waals surface area contributed by atoms with Gasteiger partial charge in [0, 0.05) is 0 Å². The Balaban J connectivity index is 2.06. The molecule has 1 aromatic rings. The standard InChI is InChI=1S/C10H11BrO4S/c11-9-3-7(4-12)1-2-10(9)15-8-5-16(13,14)6-8/h1-3,8,12H,4-6H2. The van der Waals surface area contributed by atoms with Crippen LogP contribution >= 0.6 is 15.9 Å². The Morgan fingerprint density at radius 3 is 2.62 bits per heavy atom. The summed E-state index contributed by atoms with van der Waals surface area (Å²) in [5.41, 5.74) is 0.778. The lowest BCUT2D eigenvalue weighted by atomic mass is 10.2. The highest BCUT2D eigenvalue weighted by Crippen LogP contribution is 2.29. The van der Waals surface area contributed by atoms with E-state index < -0.39 is 9.84 Å². The second kappa shape index (κ2) is 4.35. The van der Waals surface area contributed by atoms with Crippen molar-refractivity contribution in [2.45, 2.75) is 12.7 Å². The number of hydrogen-bond acceptors (Lipinski definition) is 4. The zero-order valence-corrected chi connectivity index (χ0v) is 10.8. The first kappa shape index (κ1) is 11.9. The molecule has 0 aliphatic carbocycles. The van der Waals surface area contributed by atoms with Crippen LogP contribution in [-0.2, 0) is 16.4 Å². The van der Waals surface area contributed by atoms with E-state index in [4.69, 9.17) is 9.84 Å². The van der Waals surface area contributed by atoms with Gasteiger partial charge in [0.2, 0.25) is 0 Å². The highest BCUT2D eigenvalue weighted by atomic mass is 79.9. The van der Waals surface area contributed by atoms with Crippen LogP contribution in [0.25, 0.3) is 0 Å². The predicted molar refractivity (Wildman–Crippen MR) is 63.1 cm³/mol. The van der Waals surface area contributed by atoms with Crippen LogP contribution < -0.4 is 4.74 Å². The molecule has 1 fully saturated rings. The van der Waals surface area contributed by atoms with Crippen LogP contribution in [-0.4, -0.2) is 31.1 Å². The topological polar surface area (TPSA) is 63.6 Å². The summed E-state index contributed by atoms with van der Waals surface area (Å²) in [6, 6.07) is 5.22. The molecule has 1 saturated heterocycles. The average molecular weight is 307 g/mol. The minimum absolute atomic E-state index is 0.0311. The second-order valence-corrected chi connectivity index (χ2v) is 6.75. The number of benzene rings is 1. The van der Waals surface area contributed by atoms with Gasteiger partial charge in [-0.2, -0.15) is 0 Å². The monoisotopic (exact) mass is 306 g/mol. The van der Waals surface area contributed by atoms with Crippen molar-refractivity contribution in [3.8, 4) is 5.75 Å². The third-order valence-electron chi connectivity index (χ3n) is 2.35. The summed E-state index contributed by atoms with van der Waals surface area (Å²) in [7, 11) is -2.86. The maximum Gasteiger partial charge on any atom is 0.157 e. The summed E-state index contributed by atoms with van der Waals surface area (Å²) in [5.74, 6) is 0.777. The van der Waals surface area contributed by atoms with Crippen molar-refractivity contribution in [3.05, 3.63) is 28.2 Å². The molecular formula is C10H11BrO4S. The summed E-state index contributed by atoms with van der Waals surface area (Å²) in [5, 5.41) is 8.92. The van der Waals surface area contributed by atoms with E-state index in [0.29, 0.717) is 5.75 Å². The molecule has 0 atom stereocenters. The van der Waals surface area contributed by atoms with E-state index in [9.17, 15) is 8.42 Å². The van der Waals surface area contributed by atoms with Gasteiger partial charge in [-0.3, -0.25) is 0 Å². The Hall–Kier alpha value is -0.590. The van der Waals surface area contributed by atoms with Crippen molar-refractivity contribution in [1.82, 2.24) is 0 Å². The van der Waals surface area contributed by atoms with Crippen LogP contribution in [0.3, 0.4) is 0 Å². The minimum Gasteiger partial charge on any atom is -0.487 e. The Morgan fingerprint density at radius 1 is 1.44 bits per heavy atom. The molecule has 6 heteroatoms. The molecule has 1 aromatic carbocycles. The molecule has 1 aliphatic rings. The molecule has 16 heavy (non-hydrogen) atoms. The van der Waals surface area contributed by atoms with E-state index in [0.717, 1.165) is 10.0 Å². The lowest BCUT2D eigenvalue weighted by Crippen LogP contribution is -2.45. The van der Waals surface area contributed by atoms with Gasteiger partial charge in [-0.1, -0.05) is 6.07 Å². The maximum atomic E-state index is 10.9. The van der Waals surface area contributed by atoms with Crippen molar-refractivity contribution in [3.63, 3.8) is 0 Å². The zero-order chi connectivity index (χ0) is 11.8. The number of aliphatic hydroxyl groups is 1. The largest absolute Gasteiger partial charge is 0.487 e. The van der Waals surface area contributed by atoms with Gasteiger partial charge in [0.1, 0.15) is 11.9 Å². The van der Waals surface area contributed by atoms with Crippen molar-refractivity contribution >= 4 is 25.8 Å². The van der Waals surface area contributed by atoms with Gasteiger partial charge in [-0.25, -0.2) is 8.42 Å². The lowest BCUT2D eigenvalue weighted by molar-refractivity contribution is 0.228. The number of ether oxygens (including phenoxy) is 1. The summed E-state index contributed by atoms with van der Waals surface area (Å²) in [6.07, 6.45) is -0.249. The Morgan fingerprint density at radius 2 is 2.12 bits per heavy atom.